The molecule has 0 bridgehead atoms. The molecule has 0 radical (unpaired) electrons. The molecule has 0 aliphatic heterocycles. The summed E-state index contributed by atoms with van der Waals surface area (Å²) >= 11 is 0. The first kappa shape index (κ1) is 10.9. The minimum absolute atomic E-state index is 0.0954. The highest BCUT2D eigenvalue weighted by Crippen LogP contribution is 2.30. The topological polar surface area (TPSA) is 104 Å². The Kier molecular flexibility index (Phi) is 5.54. The summed E-state index contributed by atoms with van der Waals surface area (Å²) in [6.45, 7) is -0.669. The van der Waals surface area contributed by atoms with E-state index in [1.165, 1.54) is 0 Å². The lowest BCUT2D eigenvalue weighted by molar-refractivity contribution is -0.110. The zero-order valence-corrected chi connectivity index (χ0v) is 6.87. The largest absolute Gasteiger partial charge is 0.394 e. The first-order chi connectivity index (χ1) is 5.11. The average Bonchev–Trinajstić information content (AvgIpc) is 2.02. The van der Waals surface area contributed by atoms with E-state index < -0.39 is 26.4 Å². The third-order valence-electron chi connectivity index (χ3n) is 1.06. The van der Waals surface area contributed by atoms with Gasteiger partial charge in [0.25, 0.3) is 0 Å². The molecule has 5 nitrogen and oxygen atoms in total. The van der Waals surface area contributed by atoms with E-state index in [0.717, 1.165) is 0 Å². The fourth-order valence-corrected chi connectivity index (χ4v) is 1.39. The van der Waals surface area contributed by atoms with Gasteiger partial charge < -0.3 is 20.8 Å². The zero-order valence-electron chi connectivity index (χ0n) is 5.97. The molecular weight excluding hydrogens is 169 g/mol. The van der Waals surface area contributed by atoms with Gasteiger partial charge in [0.05, 0.1) is 27.4 Å². The number of hydrogen-bond acceptors (Lipinski definition) is 5. The van der Waals surface area contributed by atoms with Gasteiger partial charge in [-0.2, -0.15) is 0 Å². The summed E-state index contributed by atoms with van der Waals surface area (Å²) in [6, 6.07) is 0. The SMILES string of the molecule is NCC(=O)P(O)CC(O)CO. The van der Waals surface area contributed by atoms with Crippen molar-refractivity contribution >= 4 is 13.7 Å². The van der Waals surface area contributed by atoms with Crippen LogP contribution in [0.4, 0.5) is 0 Å². The molecule has 0 aromatic heterocycles. The highest BCUT2D eigenvalue weighted by Gasteiger charge is 2.17. The molecule has 66 valence electrons. The van der Waals surface area contributed by atoms with E-state index in [1.807, 2.05) is 0 Å². The van der Waals surface area contributed by atoms with E-state index in [1.54, 1.807) is 0 Å². The van der Waals surface area contributed by atoms with Crippen LogP contribution < -0.4 is 5.73 Å². The molecule has 0 aromatic rings. The predicted octanol–water partition coefficient (Wildman–Crippen LogP) is -1.79. The maximum absolute atomic E-state index is 10.6. The Balaban J connectivity index is 3.67. The van der Waals surface area contributed by atoms with Crippen LogP contribution in [0.2, 0.25) is 0 Å². The van der Waals surface area contributed by atoms with Gasteiger partial charge in [-0.25, -0.2) is 0 Å². The van der Waals surface area contributed by atoms with E-state index >= 15 is 0 Å². The van der Waals surface area contributed by atoms with Gasteiger partial charge >= 0.3 is 0 Å². The number of hydrogen-bond donors (Lipinski definition) is 4. The van der Waals surface area contributed by atoms with Gasteiger partial charge in [-0.3, -0.25) is 4.79 Å². The van der Waals surface area contributed by atoms with E-state index in [-0.39, 0.29) is 12.7 Å². The maximum Gasteiger partial charge on any atom is 0.194 e. The van der Waals surface area contributed by atoms with Crippen molar-refractivity contribution in [3.05, 3.63) is 0 Å². The van der Waals surface area contributed by atoms with Crippen molar-refractivity contribution in [2.24, 2.45) is 5.73 Å². The third kappa shape index (κ3) is 4.40. The highest BCUT2D eigenvalue weighted by atomic mass is 31.1. The van der Waals surface area contributed by atoms with Gasteiger partial charge in [-0.1, -0.05) is 0 Å². The lowest BCUT2D eigenvalue weighted by Gasteiger charge is -2.10. The van der Waals surface area contributed by atoms with Crippen molar-refractivity contribution in [3.63, 3.8) is 0 Å². The van der Waals surface area contributed by atoms with Crippen LogP contribution in [0.1, 0.15) is 0 Å². The van der Waals surface area contributed by atoms with Gasteiger partial charge in [0.2, 0.25) is 0 Å². The van der Waals surface area contributed by atoms with E-state index in [2.05, 4.69) is 0 Å². The molecule has 0 rings (SSSR count). The first-order valence-corrected chi connectivity index (χ1v) is 4.58. The minimum atomic E-state index is -1.86. The molecule has 0 spiro atoms. The van der Waals surface area contributed by atoms with Crippen LogP contribution >= 0.6 is 8.15 Å². The average molecular weight is 181 g/mol. The van der Waals surface area contributed by atoms with Crippen molar-refractivity contribution in [1.82, 2.24) is 0 Å². The first-order valence-electron chi connectivity index (χ1n) is 3.10. The van der Waals surface area contributed by atoms with Crippen LogP contribution in [-0.4, -0.2) is 46.0 Å². The Morgan fingerprint density at radius 1 is 1.64 bits per heavy atom. The number of aliphatic hydroxyl groups excluding tert-OH is 2. The molecule has 0 heterocycles. The minimum Gasteiger partial charge on any atom is -0.394 e. The summed E-state index contributed by atoms with van der Waals surface area (Å²) in [5.74, 6) is 0. The van der Waals surface area contributed by atoms with Crippen molar-refractivity contribution in [2.45, 2.75) is 6.10 Å². The number of carbonyl (C=O) groups is 1. The Morgan fingerprint density at radius 2 is 2.18 bits per heavy atom. The van der Waals surface area contributed by atoms with Gasteiger partial charge in [-0.05, 0) is 0 Å². The number of nitrogens with two attached hydrogens (primary N) is 1. The molecule has 6 heteroatoms. The van der Waals surface area contributed by atoms with Gasteiger partial charge in [0.15, 0.2) is 5.52 Å². The van der Waals surface area contributed by atoms with Crippen molar-refractivity contribution < 1.29 is 19.9 Å². The highest BCUT2D eigenvalue weighted by molar-refractivity contribution is 7.69. The summed E-state index contributed by atoms with van der Waals surface area (Å²) in [7, 11) is -1.86. The predicted molar refractivity (Wildman–Crippen MR) is 41.2 cm³/mol. The van der Waals surface area contributed by atoms with Crippen LogP contribution in [0.5, 0.6) is 0 Å². The molecule has 2 unspecified atom stereocenters. The Hall–Kier alpha value is -0.0600. The number of carbonyl (C=O) groups excluding carboxylic acids is 1. The molecule has 0 saturated carbocycles. The zero-order chi connectivity index (χ0) is 8.85. The lowest BCUT2D eigenvalue weighted by atomic mass is 10.4. The van der Waals surface area contributed by atoms with Crippen LogP contribution in [-0.2, 0) is 4.79 Å². The molecule has 2 atom stereocenters. The Bertz CT molecular complexity index is 132. The number of aliphatic hydroxyl groups is 2. The van der Waals surface area contributed by atoms with E-state index in [4.69, 9.17) is 20.8 Å². The fraction of sp³-hybridized carbons (Fsp3) is 0.800. The molecule has 0 aliphatic carbocycles. The lowest BCUT2D eigenvalue weighted by Crippen LogP contribution is -2.20. The monoisotopic (exact) mass is 181 g/mol. The van der Waals surface area contributed by atoms with E-state index in [0.29, 0.717) is 0 Å². The standard InChI is InChI=1S/C5H12NO4P/c6-1-5(9)11(10)3-4(8)2-7/h4,7-8,10H,1-3,6H2. The quantitative estimate of drug-likeness (QED) is 0.375. The fourth-order valence-electron chi connectivity index (χ4n) is 0.465. The molecule has 0 fully saturated rings. The second kappa shape index (κ2) is 5.57. The Morgan fingerprint density at radius 3 is 2.55 bits per heavy atom. The van der Waals surface area contributed by atoms with Gasteiger partial charge in [-0.15, -0.1) is 0 Å². The molecule has 0 saturated heterocycles. The van der Waals surface area contributed by atoms with Crippen LogP contribution in [0.15, 0.2) is 0 Å². The van der Waals surface area contributed by atoms with Crippen LogP contribution in [0.3, 0.4) is 0 Å². The molecular formula is C5H12NO4P. The molecule has 0 aromatic carbocycles. The molecule has 0 amide bonds. The maximum atomic E-state index is 10.6. The molecule has 11 heavy (non-hydrogen) atoms. The summed E-state index contributed by atoms with van der Waals surface area (Å²) in [4.78, 5) is 19.6. The van der Waals surface area contributed by atoms with Gasteiger partial charge in [0.1, 0.15) is 0 Å². The molecule has 5 N–H and O–H groups in total. The third-order valence-corrected chi connectivity index (χ3v) is 2.58. The van der Waals surface area contributed by atoms with E-state index in [9.17, 15) is 4.79 Å². The van der Waals surface area contributed by atoms with Crippen molar-refractivity contribution in [1.29, 1.82) is 0 Å². The molecule has 0 aliphatic rings. The second-order valence-corrected chi connectivity index (χ2v) is 3.68. The van der Waals surface area contributed by atoms with Gasteiger partial charge in [0, 0.05) is 6.16 Å². The van der Waals surface area contributed by atoms with Crippen molar-refractivity contribution in [2.75, 3.05) is 19.3 Å². The number of rotatable bonds is 5. The smallest absolute Gasteiger partial charge is 0.194 e. The Labute approximate surface area is 65.7 Å². The second-order valence-electron chi connectivity index (χ2n) is 2.02. The summed E-state index contributed by atoms with van der Waals surface area (Å²) in [5.41, 5.74) is 4.49. The summed E-state index contributed by atoms with van der Waals surface area (Å²) < 4.78 is 0. The summed E-state index contributed by atoms with van der Waals surface area (Å²) in [6.07, 6.45) is -1.12. The van der Waals surface area contributed by atoms with Crippen molar-refractivity contribution in [3.8, 4) is 0 Å². The normalized spacial score (nSPS) is 16.0. The summed E-state index contributed by atoms with van der Waals surface area (Å²) in [5, 5.41) is 17.1. The van der Waals surface area contributed by atoms with Crippen LogP contribution in [0.25, 0.3) is 0 Å². The van der Waals surface area contributed by atoms with Crippen LogP contribution in [0, 0.1) is 0 Å².